The van der Waals surface area contributed by atoms with Crippen molar-refractivity contribution in [3.8, 4) is 0 Å². The lowest BCUT2D eigenvalue weighted by molar-refractivity contribution is -0.138. The van der Waals surface area contributed by atoms with E-state index in [0.717, 1.165) is 38.6 Å². The molecule has 3 heteroatoms. The molecule has 1 amide bonds. The number of hydrogen-bond acceptors (Lipinski definition) is 2. The van der Waals surface area contributed by atoms with Gasteiger partial charge in [0.2, 0.25) is 5.91 Å². The lowest BCUT2D eigenvalue weighted by atomic mass is 9.82. The summed E-state index contributed by atoms with van der Waals surface area (Å²) >= 11 is 0. The average Bonchev–Trinajstić information content (AvgIpc) is 2.90. The van der Waals surface area contributed by atoms with Gasteiger partial charge in [-0.1, -0.05) is 49.6 Å². The smallest absolute Gasteiger partial charge is 0.225 e. The van der Waals surface area contributed by atoms with Crippen LogP contribution in [0.2, 0.25) is 0 Å². The summed E-state index contributed by atoms with van der Waals surface area (Å²) in [4.78, 5) is 14.7. The van der Waals surface area contributed by atoms with Crippen LogP contribution in [0, 0.1) is 0 Å². The molecule has 22 heavy (non-hydrogen) atoms. The zero-order chi connectivity index (χ0) is 15.6. The zero-order valence-corrected chi connectivity index (χ0v) is 13.5. The number of carbonyl (C=O) groups is 1. The molecule has 3 nitrogen and oxygen atoms in total. The summed E-state index contributed by atoms with van der Waals surface area (Å²) in [5.41, 5.74) is 0.571. The van der Waals surface area contributed by atoms with E-state index >= 15 is 0 Å². The number of benzene rings is 1. The van der Waals surface area contributed by atoms with Gasteiger partial charge in [-0.3, -0.25) is 4.79 Å². The number of aliphatic hydroxyl groups is 1. The van der Waals surface area contributed by atoms with Gasteiger partial charge in [0.15, 0.2) is 0 Å². The maximum atomic E-state index is 12.7. The Morgan fingerprint density at radius 1 is 1.23 bits per heavy atom. The summed E-state index contributed by atoms with van der Waals surface area (Å²) in [5, 5.41) is 10.6. The fourth-order valence-electron chi connectivity index (χ4n) is 4.21. The predicted octanol–water partition coefficient (Wildman–Crippen LogP) is 3.48. The van der Waals surface area contributed by atoms with Crippen LogP contribution in [-0.2, 0) is 4.79 Å². The fraction of sp³-hybridized carbons (Fsp3) is 0.632. The highest BCUT2D eigenvalue weighted by atomic mass is 16.3. The molecule has 2 fully saturated rings. The standard InChI is InChI=1S/C19H27NO2/c1-15-17(16-8-4-2-5-9-16)10-13-20(15)18(21)14-19(22)11-6-3-7-12-19/h2,4-5,8-9,15,17,22H,3,6-7,10-14H2,1H3. The van der Waals surface area contributed by atoms with E-state index in [4.69, 9.17) is 0 Å². The molecule has 1 aliphatic heterocycles. The highest BCUT2D eigenvalue weighted by molar-refractivity contribution is 5.78. The molecule has 1 aliphatic carbocycles. The summed E-state index contributed by atoms with van der Waals surface area (Å²) in [6.45, 7) is 2.96. The monoisotopic (exact) mass is 301 g/mol. The SMILES string of the molecule is CC1C(c2ccccc2)CCN1C(=O)CC1(O)CCCCC1. The Hall–Kier alpha value is -1.35. The Morgan fingerprint density at radius 3 is 2.59 bits per heavy atom. The molecule has 1 saturated carbocycles. The van der Waals surface area contributed by atoms with Crippen molar-refractivity contribution in [1.29, 1.82) is 0 Å². The third kappa shape index (κ3) is 3.19. The molecule has 1 aromatic carbocycles. The summed E-state index contributed by atoms with van der Waals surface area (Å²) in [6, 6.07) is 10.7. The second-order valence-corrected chi connectivity index (χ2v) is 7.10. The van der Waals surface area contributed by atoms with Crippen molar-refractivity contribution in [3.63, 3.8) is 0 Å². The number of carbonyl (C=O) groups excluding carboxylic acids is 1. The summed E-state index contributed by atoms with van der Waals surface area (Å²) in [6.07, 6.45) is 6.17. The number of nitrogens with zero attached hydrogens (tertiary/aromatic N) is 1. The van der Waals surface area contributed by atoms with E-state index in [0.29, 0.717) is 12.3 Å². The van der Waals surface area contributed by atoms with Crippen LogP contribution in [-0.4, -0.2) is 34.1 Å². The van der Waals surface area contributed by atoms with E-state index < -0.39 is 5.60 Å². The molecule has 0 radical (unpaired) electrons. The minimum atomic E-state index is -0.750. The Kier molecular flexibility index (Phi) is 4.53. The molecular weight excluding hydrogens is 274 g/mol. The van der Waals surface area contributed by atoms with Crippen LogP contribution in [0.4, 0.5) is 0 Å². The van der Waals surface area contributed by atoms with Crippen molar-refractivity contribution in [1.82, 2.24) is 4.90 Å². The predicted molar refractivity (Wildman–Crippen MR) is 87.6 cm³/mol. The zero-order valence-electron chi connectivity index (χ0n) is 13.5. The van der Waals surface area contributed by atoms with Gasteiger partial charge < -0.3 is 10.0 Å². The first-order valence-corrected chi connectivity index (χ1v) is 8.66. The van der Waals surface area contributed by atoms with Gasteiger partial charge in [-0.25, -0.2) is 0 Å². The summed E-state index contributed by atoms with van der Waals surface area (Å²) < 4.78 is 0. The van der Waals surface area contributed by atoms with Gasteiger partial charge in [0, 0.05) is 18.5 Å². The molecule has 1 N–H and O–H groups in total. The molecule has 1 heterocycles. The third-order valence-electron chi connectivity index (χ3n) is 5.57. The fourth-order valence-corrected chi connectivity index (χ4v) is 4.21. The summed E-state index contributed by atoms with van der Waals surface area (Å²) in [7, 11) is 0. The van der Waals surface area contributed by atoms with Gasteiger partial charge in [-0.2, -0.15) is 0 Å². The van der Waals surface area contributed by atoms with E-state index in [9.17, 15) is 9.90 Å². The number of rotatable bonds is 3. The molecule has 0 bridgehead atoms. The quantitative estimate of drug-likeness (QED) is 0.928. The lowest BCUT2D eigenvalue weighted by Crippen LogP contribution is -2.42. The third-order valence-corrected chi connectivity index (χ3v) is 5.57. The maximum Gasteiger partial charge on any atom is 0.225 e. The van der Waals surface area contributed by atoms with Crippen LogP contribution in [0.5, 0.6) is 0 Å². The molecule has 1 aromatic rings. The first-order chi connectivity index (χ1) is 10.6. The van der Waals surface area contributed by atoms with Crippen LogP contribution in [0.15, 0.2) is 30.3 Å². The molecule has 3 rings (SSSR count). The molecule has 1 saturated heterocycles. The van der Waals surface area contributed by atoms with Gasteiger partial charge in [-0.15, -0.1) is 0 Å². The molecule has 0 spiro atoms. The van der Waals surface area contributed by atoms with Gasteiger partial charge in [0.25, 0.3) is 0 Å². The first-order valence-electron chi connectivity index (χ1n) is 8.66. The van der Waals surface area contributed by atoms with Gasteiger partial charge in [-0.05, 0) is 31.7 Å². The van der Waals surface area contributed by atoms with Crippen molar-refractivity contribution in [2.75, 3.05) is 6.54 Å². The van der Waals surface area contributed by atoms with Crippen LogP contribution < -0.4 is 0 Å². The first kappa shape index (κ1) is 15.5. The number of amides is 1. The minimum absolute atomic E-state index is 0.135. The van der Waals surface area contributed by atoms with Gasteiger partial charge in [0.05, 0.1) is 12.0 Å². The van der Waals surface area contributed by atoms with E-state index in [-0.39, 0.29) is 11.9 Å². The minimum Gasteiger partial charge on any atom is -0.389 e. The van der Waals surface area contributed by atoms with Crippen LogP contribution in [0.1, 0.15) is 63.4 Å². The van der Waals surface area contributed by atoms with Gasteiger partial charge in [0.1, 0.15) is 0 Å². The Morgan fingerprint density at radius 2 is 1.91 bits per heavy atom. The molecule has 0 aromatic heterocycles. The van der Waals surface area contributed by atoms with E-state index in [1.807, 2.05) is 11.0 Å². The maximum absolute atomic E-state index is 12.7. The number of hydrogen-bond donors (Lipinski definition) is 1. The van der Waals surface area contributed by atoms with Crippen molar-refractivity contribution in [2.45, 2.75) is 69.4 Å². The molecule has 2 unspecified atom stereocenters. The largest absolute Gasteiger partial charge is 0.389 e. The second kappa shape index (κ2) is 6.41. The normalized spacial score (nSPS) is 27.8. The number of likely N-dealkylation sites (tertiary alicyclic amines) is 1. The van der Waals surface area contributed by atoms with Crippen molar-refractivity contribution < 1.29 is 9.90 Å². The Labute approximate surface area is 133 Å². The van der Waals surface area contributed by atoms with E-state index in [2.05, 4.69) is 31.2 Å². The Bertz CT molecular complexity index is 507. The average molecular weight is 301 g/mol. The van der Waals surface area contributed by atoms with Crippen LogP contribution >= 0.6 is 0 Å². The highest BCUT2D eigenvalue weighted by Crippen LogP contribution is 2.36. The van der Waals surface area contributed by atoms with Crippen molar-refractivity contribution in [2.24, 2.45) is 0 Å². The Balaban J connectivity index is 1.64. The highest BCUT2D eigenvalue weighted by Gasteiger charge is 2.38. The lowest BCUT2D eigenvalue weighted by Gasteiger charge is -2.34. The van der Waals surface area contributed by atoms with E-state index in [1.165, 1.54) is 12.0 Å². The van der Waals surface area contributed by atoms with Gasteiger partial charge >= 0.3 is 0 Å². The van der Waals surface area contributed by atoms with E-state index in [1.54, 1.807) is 0 Å². The van der Waals surface area contributed by atoms with Crippen molar-refractivity contribution >= 4 is 5.91 Å². The molecule has 2 atom stereocenters. The molecular formula is C19H27NO2. The second-order valence-electron chi connectivity index (χ2n) is 7.10. The topological polar surface area (TPSA) is 40.5 Å². The van der Waals surface area contributed by atoms with Crippen LogP contribution in [0.3, 0.4) is 0 Å². The molecule has 120 valence electrons. The summed E-state index contributed by atoms with van der Waals surface area (Å²) in [5.74, 6) is 0.557. The van der Waals surface area contributed by atoms with Crippen molar-refractivity contribution in [3.05, 3.63) is 35.9 Å². The molecule has 2 aliphatic rings. The van der Waals surface area contributed by atoms with Crippen LogP contribution in [0.25, 0.3) is 0 Å².